The number of fused-ring (bicyclic) bond motifs is 1. The molecule has 3 aromatic rings. The summed E-state index contributed by atoms with van der Waals surface area (Å²) in [6, 6.07) is 11.1. The number of hydrogen-bond acceptors (Lipinski definition) is 5. The average Bonchev–Trinajstić information content (AvgIpc) is 3.11. The summed E-state index contributed by atoms with van der Waals surface area (Å²) in [5.41, 5.74) is 3.59. The van der Waals surface area contributed by atoms with Crippen molar-refractivity contribution in [2.75, 3.05) is 37.0 Å². The Balaban J connectivity index is 1.60. The monoisotopic (exact) mass is 444 g/mol. The molecule has 0 radical (unpaired) electrons. The lowest BCUT2D eigenvalue weighted by Gasteiger charge is -2.26. The first-order chi connectivity index (χ1) is 14.6. The Hall–Kier alpha value is -1.93. The molecule has 0 spiro atoms. The van der Waals surface area contributed by atoms with Crippen LogP contribution in [0.2, 0.25) is 0 Å². The largest absolute Gasteiger partial charge is 0.380 e. The van der Waals surface area contributed by atoms with Gasteiger partial charge in [0, 0.05) is 59.6 Å². The smallest absolute Gasteiger partial charge is 0.266 e. The van der Waals surface area contributed by atoms with Gasteiger partial charge in [-0.1, -0.05) is 18.2 Å². The number of benzene rings is 2. The van der Waals surface area contributed by atoms with Gasteiger partial charge in [-0.05, 0) is 36.2 Å². The Morgan fingerprint density at radius 3 is 2.80 bits per heavy atom. The number of methoxy groups -OCH3 is 1. The number of amides is 1. The summed E-state index contributed by atoms with van der Waals surface area (Å²) in [6.07, 6.45) is 0. The van der Waals surface area contributed by atoms with Crippen LogP contribution in [0.4, 0.5) is 10.1 Å². The quantitative estimate of drug-likeness (QED) is 0.560. The van der Waals surface area contributed by atoms with Gasteiger partial charge in [-0.2, -0.15) is 11.8 Å². The van der Waals surface area contributed by atoms with Crippen molar-refractivity contribution in [3.05, 3.63) is 63.8 Å². The van der Waals surface area contributed by atoms with E-state index >= 15 is 0 Å². The second-order valence-corrected chi connectivity index (χ2v) is 9.72. The van der Waals surface area contributed by atoms with Gasteiger partial charge in [-0.15, -0.1) is 11.3 Å². The molecule has 4 nitrogen and oxygen atoms in total. The number of carbonyl (C=O) groups excluding carboxylic acids is 1. The van der Waals surface area contributed by atoms with Crippen molar-refractivity contribution in [1.29, 1.82) is 0 Å². The predicted molar refractivity (Wildman–Crippen MR) is 124 cm³/mol. The maximum atomic E-state index is 14.4. The van der Waals surface area contributed by atoms with E-state index in [9.17, 15) is 9.18 Å². The maximum absolute atomic E-state index is 14.4. The van der Waals surface area contributed by atoms with Gasteiger partial charge in [0.05, 0.1) is 11.5 Å². The highest BCUT2D eigenvalue weighted by Crippen LogP contribution is 2.34. The molecule has 30 heavy (non-hydrogen) atoms. The first-order valence-corrected chi connectivity index (χ1v) is 11.9. The standard InChI is InChI=1S/C23H25FN2O2S2/c1-15-6-7-16(13-26-8-10-29-11-9-26)12-19(15)25-23(27)22-17(14-28-2)21-18(24)4-3-5-20(21)30-22/h3-7,12H,8-11,13-14H2,1-2H3,(H,25,27). The van der Waals surface area contributed by atoms with Crippen LogP contribution in [0.3, 0.4) is 0 Å². The van der Waals surface area contributed by atoms with Crippen LogP contribution < -0.4 is 5.32 Å². The Morgan fingerprint density at radius 1 is 1.23 bits per heavy atom. The molecule has 1 amide bonds. The van der Waals surface area contributed by atoms with Gasteiger partial charge in [0.15, 0.2) is 0 Å². The van der Waals surface area contributed by atoms with Crippen LogP contribution in [0, 0.1) is 12.7 Å². The number of nitrogens with zero attached hydrogens (tertiary/aromatic N) is 1. The van der Waals surface area contributed by atoms with Crippen molar-refractivity contribution >= 4 is 44.8 Å². The van der Waals surface area contributed by atoms with Crippen LogP contribution in [-0.4, -0.2) is 42.5 Å². The van der Waals surface area contributed by atoms with Crippen molar-refractivity contribution in [2.45, 2.75) is 20.1 Å². The van der Waals surface area contributed by atoms with Crippen LogP contribution in [-0.2, 0) is 17.9 Å². The van der Waals surface area contributed by atoms with E-state index in [0.717, 1.165) is 35.6 Å². The molecule has 0 atom stereocenters. The highest BCUT2D eigenvalue weighted by molar-refractivity contribution is 7.99. The summed E-state index contributed by atoms with van der Waals surface area (Å²) in [5.74, 6) is 1.78. The van der Waals surface area contributed by atoms with E-state index in [0.29, 0.717) is 15.8 Å². The highest BCUT2D eigenvalue weighted by Gasteiger charge is 2.21. The topological polar surface area (TPSA) is 41.6 Å². The summed E-state index contributed by atoms with van der Waals surface area (Å²) < 4.78 is 20.4. The molecule has 2 aromatic carbocycles. The van der Waals surface area contributed by atoms with Gasteiger partial charge in [-0.3, -0.25) is 9.69 Å². The summed E-state index contributed by atoms with van der Waals surface area (Å²) in [6.45, 7) is 5.24. The molecule has 7 heteroatoms. The number of aryl methyl sites for hydroxylation is 1. The molecule has 4 rings (SSSR count). The van der Waals surface area contributed by atoms with Crippen molar-refractivity contribution in [2.24, 2.45) is 0 Å². The number of rotatable bonds is 6. The molecule has 1 aliphatic heterocycles. The summed E-state index contributed by atoms with van der Waals surface area (Å²) in [7, 11) is 1.55. The molecule has 0 bridgehead atoms. The van der Waals surface area contributed by atoms with Crippen molar-refractivity contribution in [3.63, 3.8) is 0 Å². The molecular weight excluding hydrogens is 419 g/mol. The van der Waals surface area contributed by atoms with Crippen LogP contribution in [0.5, 0.6) is 0 Å². The maximum Gasteiger partial charge on any atom is 0.266 e. The predicted octanol–water partition coefficient (Wildman–Crippen LogP) is 5.30. The molecular formula is C23H25FN2O2S2. The second kappa shape index (κ2) is 9.47. The minimum absolute atomic E-state index is 0.190. The van der Waals surface area contributed by atoms with Crippen LogP contribution in [0.1, 0.15) is 26.4 Å². The van der Waals surface area contributed by atoms with Crippen molar-refractivity contribution in [1.82, 2.24) is 4.90 Å². The van der Waals surface area contributed by atoms with E-state index in [4.69, 9.17) is 4.74 Å². The zero-order valence-electron chi connectivity index (χ0n) is 17.2. The highest BCUT2D eigenvalue weighted by atomic mass is 32.2. The SMILES string of the molecule is COCc1c(C(=O)Nc2cc(CN3CCSCC3)ccc2C)sc2cccc(F)c12. The molecule has 1 saturated heterocycles. The molecule has 158 valence electrons. The first-order valence-electron chi connectivity index (χ1n) is 9.96. The Bertz CT molecular complexity index is 1060. The molecule has 1 N–H and O–H groups in total. The van der Waals surface area contributed by atoms with E-state index in [1.54, 1.807) is 13.2 Å². The fourth-order valence-corrected chi connectivity index (χ4v) is 5.83. The third kappa shape index (κ3) is 4.54. The third-order valence-electron chi connectivity index (χ3n) is 5.32. The van der Waals surface area contributed by atoms with Crippen LogP contribution >= 0.6 is 23.1 Å². The zero-order chi connectivity index (χ0) is 21.1. The van der Waals surface area contributed by atoms with Crippen molar-refractivity contribution in [3.8, 4) is 0 Å². The number of carbonyl (C=O) groups is 1. The third-order valence-corrected chi connectivity index (χ3v) is 7.46. The molecule has 2 heterocycles. The Labute approximate surface area is 184 Å². The van der Waals surface area contributed by atoms with Gasteiger partial charge < -0.3 is 10.1 Å². The Kier molecular flexibility index (Phi) is 6.73. The zero-order valence-corrected chi connectivity index (χ0v) is 18.8. The van der Waals surface area contributed by atoms with Gasteiger partial charge in [0.1, 0.15) is 5.82 Å². The molecule has 0 saturated carbocycles. The van der Waals surface area contributed by atoms with E-state index in [2.05, 4.69) is 22.3 Å². The number of anilines is 1. The minimum Gasteiger partial charge on any atom is -0.380 e. The molecule has 1 fully saturated rings. The first kappa shape index (κ1) is 21.3. The lowest BCUT2D eigenvalue weighted by atomic mass is 10.1. The number of halogens is 1. The number of hydrogen-bond donors (Lipinski definition) is 1. The fourth-order valence-electron chi connectivity index (χ4n) is 3.73. The van der Waals surface area contributed by atoms with E-state index in [1.807, 2.05) is 30.8 Å². The lowest BCUT2D eigenvalue weighted by Crippen LogP contribution is -2.32. The van der Waals surface area contributed by atoms with Gasteiger partial charge in [0.25, 0.3) is 5.91 Å². The van der Waals surface area contributed by atoms with E-state index in [1.165, 1.54) is 34.5 Å². The molecule has 0 unspecified atom stereocenters. The van der Waals surface area contributed by atoms with Gasteiger partial charge in [-0.25, -0.2) is 4.39 Å². The average molecular weight is 445 g/mol. The van der Waals surface area contributed by atoms with E-state index < -0.39 is 0 Å². The van der Waals surface area contributed by atoms with Crippen LogP contribution in [0.15, 0.2) is 36.4 Å². The number of ether oxygens (including phenoxy) is 1. The minimum atomic E-state index is -0.326. The van der Waals surface area contributed by atoms with E-state index in [-0.39, 0.29) is 18.3 Å². The molecule has 1 aromatic heterocycles. The number of thioether (sulfide) groups is 1. The van der Waals surface area contributed by atoms with Crippen LogP contribution in [0.25, 0.3) is 10.1 Å². The number of nitrogens with one attached hydrogen (secondary N) is 1. The fraction of sp³-hybridized carbons (Fsp3) is 0.348. The summed E-state index contributed by atoms with van der Waals surface area (Å²) >= 11 is 3.30. The number of thiophene rings is 1. The normalized spacial score (nSPS) is 14.9. The summed E-state index contributed by atoms with van der Waals surface area (Å²) in [5, 5.41) is 3.53. The molecule has 0 aliphatic carbocycles. The Morgan fingerprint density at radius 2 is 2.03 bits per heavy atom. The lowest BCUT2D eigenvalue weighted by molar-refractivity contribution is 0.102. The summed E-state index contributed by atoms with van der Waals surface area (Å²) in [4.78, 5) is 16.1. The second-order valence-electron chi connectivity index (χ2n) is 7.45. The van der Waals surface area contributed by atoms with Gasteiger partial charge >= 0.3 is 0 Å². The molecule has 1 aliphatic rings. The van der Waals surface area contributed by atoms with Gasteiger partial charge in [0.2, 0.25) is 0 Å². The van der Waals surface area contributed by atoms with Crippen molar-refractivity contribution < 1.29 is 13.9 Å².